The predicted molar refractivity (Wildman–Crippen MR) is 58.9 cm³/mol. The monoisotopic (exact) mass is 238 g/mol. The Morgan fingerprint density at radius 1 is 1.62 bits per heavy atom. The van der Waals surface area contributed by atoms with Crippen LogP contribution in [0.2, 0.25) is 0 Å². The summed E-state index contributed by atoms with van der Waals surface area (Å²) in [6.07, 6.45) is 1.56. The lowest BCUT2D eigenvalue weighted by molar-refractivity contribution is 0.0934. The number of hydrogen-bond donors (Lipinski definition) is 2. The average Bonchev–Trinajstić information content (AvgIpc) is 2.87. The number of anilines is 1. The number of nitrogens with one attached hydrogen (secondary N) is 1. The molecule has 0 fully saturated rings. The molecule has 1 amide bonds. The van der Waals surface area contributed by atoms with Crippen LogP contribution in [-0.2, 0) is 0 Å². The topological polar surface area (TPSA) is 94.0 Å². The summed E-state index contributed by atoms with van der Waals surface area (Å²) in [5.41, 5.74) is 5.39. The number of furan rings is 1. The molecule has 0 aromatic carbocycles. The first-order valence-electron chi connectivity index (χ1n) is 4.60. The zero-order valence-electron chi connectivity index (χ0n) is 8.51. The number of carbonyl (C=O) groups excluding carboxylic acids is 1. The van der Waals surface area contributed by atoms with Crippen LogP contribution in [0.3, 0.4) is 0 Å². The van der Waals surface area contributed by atoms with E-state index in [1.807, 2.05) is 6.92 Å². The lowest BCUT2D eigenvalue weighted by Crippen LogP contribution is -2.26. The summed E-state index contributed by atoms with van der Waals surface area (Å²) in [5.74, 6) is 0.379. The molecule has 0 spiro atoms. The summed E-state index contributed by atoms with van der Waals surface area (Å²) in [7, 11) is 0. The van der Waals surface area contributed by atoms with Crippen molar-refractivity contribution < 1.29 is 9.21 Å². The average molecular weight is 238 g/mol. The molecule has 1 unspecified atom stereocenters. The summed E-state index contributed by atoms with van der Waals surface area (Å²) in [6.45, 7) is 1.82. The molecule has 0 aliphatic rings. The minimum absolute atomic E-state index is 0.215. The molecule has 0 radical (unpaired) electrons. The maximum absolute atomic E-state index is 11.7. The van der Waals surface area contributed by atoms with Gasteiger partial charge in [-0.25, -0.2) is 0 Å². The maximum atomic E-state index is 11.7. The van der Waals surface area contributed by atoms with Gasteiger partial charge in [0.1, 0.15) is 5.76 Å². The second-order valence-corrected chi connectivity index (χ2v) is 4.17. The van der Waals surface area contributed by atoms with E-state index in [2.05, 4.69) is 15.5 Å². The Balaban J connectivity index is 2.03. The molecular weight excluding hydrogens is 228 g/mol. The number of nitrogens with zero attached hydrogens (tertiary/aromatic N) is 2. The Morgan fingerprint density at radius 3 is 3.00 bits per heavy atom. The van der Waals surface area contributed by atoms with E-state index < -0.39 is 0 Å². The largest absolute Gasteiger partial charge is 0.467 e. The van der Waals surface area contributed by atoms with Crippen LogP contribution < -0.4 is 11.1 Å². The molecular formula is C9H10N4O2S. The molecule has 0 aliphatic carbocycles. The summed E-state index contributed by atoms with van der Waals surface area (Å²) < 4.78 is 5.17. The number of aromatic nitrogens is 2. The van der Waals surface area contributed by atoms with Gasteiger partial charge in [-0.15, -0.1) is 10.2 Å². The van der Waals surface area contributed by atoms with Crippen LogP contribution in [0.15, 0.2) is 22.8 Å². The highest BCUT2D eigenvalue weighted by Gasteiger charge is 2.16. The Morgan fingerprint density at radius 2 is 2.44 bits per heavy atom. The van der Waals surface area contributed by atoms with Gasteiger partial charge in [0, 0.05) is 0 Å². The SMILES string of the molecule is CC(NC(=O)c1nnc(N)s1)c1ccco1. The Bertz CT molecular complexity index is 479. The zero-order chi connectivity index (χ0) is 11.5. The lowest BCUT2D eigenvalue weighted by atomic mass is 10.2. The third-order valence-corrected chi connectivity index (χ3v) is 2.70. The van der Waals surface area contributed by atoms with Gasteiger partial charge < -0.3 is 15.5 Å². The Hall–Kier alpha value is -1.89. The van der Waals surface area contributed by atoms with Crippen molar-refractivity contribution in [2.45, 2.75) is 13.0 Å². The number of amides is 1. The maximum Gasteiger partial charge on any atom is 0.282 e. The second kappa shape index (κ2) is 4.31. The van der Waals surface area contributed by atoms with Crippen LogP contribution in [0.4, 0.5) is 5.13 Å². The molecule has 7 heteroatoms. The molecule has 6 nitrogen and oxygen atoms in total. The smallest absolute Gasteiger partial charge is 0.282 e. The predicted octanol–water partition coefficient (Wildman–Crippen LogP) is 1.20. The molecule has 1 atom stereocenters. The molecule has 0 saturated carbocycles. The first kappa shape index (κ1) is 10.6. The minimum atomic E-state index is -0.307. The molecule has 0 bridgehead atoms. The highest BCUT2D eigenvalue weighted by atomic mass is 32.1. The fourth-order valence-corrected chi connectivity index (χ4v) is 1.71. The molecule has 3 N–H and O–H groups in total. The van der Waals surface area contributed by atoms with Crippen LogP contribution in [0.25, 0.3) is 0 Å². The fraction of sp³-hybridized carbons (Fsp3) is 0.222. The highest BCUT2D eigenvalue weighted by Crippen LogP contribution is 2.15. The third kappa shape index (κ3) is 2.19. The van der Waals surface area contributed by atoms with Crippen molar-refractivity contribution in [1.82, 2.24) is 15.5 Å². The molecule has 0 aliphatic heterocycles. The Labute approximate surface area is 95.5 Å². The molecule has 0 saturated heterocycles. The Kier molecular flexibility index (Phi) is 2.86. The standard InChI is InChI=1S/C9H10N4O2S/c1-5(6-3-2-4-15-6)11-7(14)8-12-13-9(10)16-8/h2-5H,1H3,(H2,10,13)(H,11,14). The minimum Gasteiger partial charge on any atom is -0.467 e. The van der Waals surface area contributed by atoms with Crippen LogP contribution >= 0.6 is 11.3 Å². The van der Waals surface area contributed by atoms with Gasteiger partial charge in [0.2, 0.25) is 10.1 Å². The van der Waals surface area contributed by atoms with E-state index in [1.165, 1.54) is 0 Å². The van der Waals surface area contributed by atoms with E-state index in [0.717, 1.165) is 11.3 Å². The van der Waals surface area contributed by atoms with Gasteiger partial charge in [-0.05, 0) is 19.1 Å². The summed E-state index contributed by atoms with van der Waals surface area (Å²) in [6, 6.07) is 3.34. The molecule has 2 aromatic heterocycles. The first-order valence-corrected chi connectivity index (χ1v) is 5.41. The van der Waals surface area contributed by atoms with Crippen molar-refractivity contribution in [1.29, 1.82) is 0 Å². The van der Waals surface area contributed by atoms with Gasteiger partial charge in [-0.1, -0.05) is 11.3 Å². The van der Waals surface area contributed by atoms with E-state index in [4.69, 9.17) is 10.2 Å². The highest BCUT2D eigenvalue weighted by molar-refractivity contribution is 7.16. The summed E-state index contributed by atoms with van der Waals surface area (Å²) in [4.78, 5) is 11.7. The van der Waals surface area contributed by atoms with Crippen molar-refractivity contribution in [2.75, 3.05) is 5.73 Å². The van der Waals surface area contributed by atoms with Crippen molar-refractivity contribution in [3.8, 4) is 0 Å². The molecule has 2 rings (SSSR count). The van der Waals surface area contributed by atoms with Crippen LogP contribution in [0, 0.1) is 0 Å². The van der Waals surface area contributed by atoms with Gasteiger partial charge in [0.15, 0.2) is 0 Å². The fourth-order valence-electron chi connectivity index (χ4n) is 1.19. The lowest BCUT2D eigenvalue weighted by Gasteiger charge is -2.09. The van der Waals surface area contributed by atoms with Crippen molar-refractivity contribution >= 4 is 22.4 Å². The van der Waals surface area contributed by atoms with E-state index >= 15 is 0 Å². The quantitative estimate of drug-likeness (QED) is 0.838. The van der Waals surface area contributed by atoms with Crippen LogP contribution in [0.5, 0.6) is 0 Å². The second-order valence-electron chi connectivity index (χ2n) is 3.16. The number of rotatable bonds is 3. The number of nitrogens with two attached hydrogens (primary N) is 1. The molecule has 2 heterocycles. The molecule has 84 valence electrons. The van der Waals surface area contributed by atoms with E-state index in [-0.39, 0.29) is 22.1 Å². The van der Waals surface area contributed by atoms with Gasteiger partial charge in [-0.2, -0.15) is 0 Å². The number of hydrogen-bond acceptors (Lipinski definition) is 6. The van der Waals surface area contributed by atoms with Gasteiger partial charge in [-0.3, -0.25) is 4.79 Å². The van der Waals surface area contributed by atoms with Crippen molar-refractivity contribution in [3.05, 3.63) is 29.2 Å². The van der Waals surface area contributed by atoms with Crippen LogP contribution in [0.1, 0.15) is 28.5 Å². The van der Waals surface area contributed by atoms with Gasteiger partial charge >= 0.3 is 0 Å². The first-order chi connectivity index (χ1) is 7.66. The van der Waals surface area contributed by atoms with Gasteiger partial charge in [0.25, 0.3) is 5.91 Å². The number of carbonyl (C=O) groups is 1. The summed E-state index contributed by atoms with van der Waals surface area (Å²) >= 11 is 1.05. The number of nitrogen functional groups attached to an aromatic ring is 1. The van der Waals surface area contributed by atoms with Gasteiger partial charge in [0.05, 0.1) is 12.3 Å². The van der Waals surface area contributed by atoms with Crippen molar-refractivity contribution in [2.24, 2.45) is 0 Å². The van der Waals surface area contributed by atoms with E-state index in [1.54, 1.807) is 18.4 Å². The summed E-state index contributed by atoms with van der Waals surface area (Å²) in [5, 5.41) is 10.5. The molecule has 2 aromatic rings. The van der Waals surface area contributed by atoms with Crippen molar-refractivity contribution in [3.63, 3.8) is 0 Å². The molecule has 16 heavy (non-hydrogen) atoms. The zero-order valence-corrected chi connectivity index (χ0v) is 9.32. The van der Waals surface area contributed by atoms with E-state index in [0.29, 0.717) is 5.76 Å². The van der Waals surface area contributed by atoms with Crippen LogP contribution in [-0.4, -0.2) is 16.1 Å². The third-order valence-electron chi connectivity index (χ3n) is 1.95. The van der Waals surface area contributed by atoms with E-state index in [9.17, 15) is 4.79 Å². The normalized spacial score (nSPS) is 12.3.